The molecule has 6 nitrogen and oxygen atoms in total. The number of carbonyl (C=O) groups is 2. The van der Waals surface area contributed by atoms with Crippen LogP contribution >= 0.6 is 11.8 Å². The van der Waals surface area contributed by atoms with E-state index in [1.165, 1.54) is 38.4 Å². The van der Waals surface area contributed by atoms with Crippen LogP contribution in [0.4, 0.5) is 22.0 Å². The first-order valence-electron chi connectivity index (χ1n) is 10.1. The lowest BCUT2D eigenvalue weighted by atomic mass is 10.1. The normalized spacial score (nSPS) is 18.7. The third-order valence-electron chi connectivity index (χ3n) is 5.24. The van der Waals surface area contributed by atoms with Crippen LogP contribution in [-0.2, 0) is 4.79 Å². The number of likely N-dealkylation sites (tertiary alicyclic amines) is 1. The van der Waals surface area contributed by atoms with Gasteiger partial charge in [-0.1, -0.05) is 0 Å². The van der Waals surface area contributed by atoms with E-state index < -0.39 is 48.4 Å². The van der Waals surface area contributed by atoms with Crippen LogP contribution in [0.2, 0.25) is 0 Å². The quantitative estimate of drug-likeness (QED) is 0.247. The lowest BCUT2D eigenvalue weighted by molar-refractivity contribution is -0.126. The van der Waals surface area contributed by atoms with Crippen LogP contribution < -0.4 is 14.2 Å². The smallest absolute Gasteiger partial charge is 0.295 e. The van der Waals surface area contributed by atoms with Crippen molar-refractivity contribution in [2.45, 2.75) is 43.8 Å². The van der Waals surface area contributed by atoms with Gasteiger partial charge in [-0.2, -0.15) is 11.8 Å². The monoisotopic (exact) mass is 499 g/mol. The van der Waals surface area contributed by atoms with Crippen LogP contribution in [0.1, 0.15) is 23.2 Å². The fraction of sp³-hybridized carbons (Fsp3) is 0.619. The number of halogens is 5. The number of hydrogen-bond acceptors (Lipinski definition) is 6. The van der Waals surface area contributed by atoms with Crippen molar-refractivity contribution in [2.75, 3.05) is 39.4 Å². The molecule has 1 amide bonds. The molecule has 1 aliphatic heterocycles. The highest BCUT2D eigenvalue weighted by Gasteiger charge is 2.37. The van der Waals surface area contributed by atoms with Crippen molar-refractivity contribution in [3.63, 3.8) is 0 Å². The molecule has 0 aliphatic carbocycles. The fourth-order valence-electron chi connectivity index (χ4n) is 3.49. The summed E-state index contributed by atoms with van der Waals surface area (Å²) in [6, 6.07) is 2.27. The Morgan fingerprint density at radius 2 is 1.64 bits per heavy atom. The summed E-state index contributed by atoms with van der Waals surface area (Å²) in [4.78, 5) is 27.1. The van der Waals surface area contributed by atoms with E-state index in [1.807, 2.05) is 0 Å². The molecule has 33 heavy (non-hydrogen) atoms. The Morgan fingerprint density at radius 3 is 2.15 bits per heavy atom. The van der Waals surface area contributed by atoms with E-state index in [1.54, 1.807) is 0 Å². The molecule has 0 bridgehead atoms. The first kappa shape index (κ1) is 27.0. The molecule has 1 saturated heterocycles. The standard InChI is InChI=1S/C21H26F5NO5S/c1-30-14-7-11(8-15(31-2)19(14)32-3)18(28)21(29)27-6-4-5-12(27)9-33-10-13(22)16(23)17(24)20(25)26/h7-8,12-13,16-17,20H,4-6,9-10H2,1-3H3. The zero-order chi connectivity index (χ0) is 24.7. The number of carbonyl (C=O) groups excluding carboxylic acids is 2. The van der Waals surface area contributed by atoms with E-state index in [4.69, 9.17) is 14.2 Å². The number of ketones is 1. The number of alkyl halides is 5. The van der Waals surface area contributed by atoms with Crippen LogP contribution in [0.5, 0.6) is 17.2 Å². The molecule has 4 atom stereocenters. The lowest BCUT2D eigenvalue weighted by Gasteiger charge is -2.24. The van der Waals surface area contributed by atoms with Gasteiger partial charge >= 0.3 is 0 Å². The lowest BCUT2D eigenvalue weighted by Crippen LogP contribution is -2.41. The van der Waals surface area contributed by atoms with Gasteiger partial charge in [0.25, 0.3) is 18.1 Å². The maximum absolute atomic E-state index is 13.8. The van der Waals surface area contributed by atoms with Gasteiger partial charge in [-0.05, 0) is 25.0 Å². The largest absolute Gasteiger partial charge is 0.493 e. The molecular weight excluding hydrogens is 473 g/mol. The third kappa shape index (κ3) is 6.42. The van der Waals surface area contributed by atoms with Crippen molar-refractivity contribution in [2.24, 2.45) is 0 Å². The van der Waals surface area contributed by atoms with E-state index in [0.29, 0.717) is 19.4 Å². The molecule has 1 fully saturated rings. The molecule has 1 aromatic rings. The predicted molar refractivity (Wildman–Crippen MR) is 113 cm³/mol. The summed E-state index contributed by atoms with van der Waals surface area (Å²) in [5.41, 5.74) is 0.0258. The molecule has 0 saturated carbocycles. The van der Waals surface area contributed by atoms with Crippen LogP contribution in [0, 0.1) is 0 Å². The Morgan fingerprint density at radius 1 is 1.03 bits per heavy atom. The Hall–Kier alpha value is -2.24. The Bertz CT molecular complexity index is 805. The van der Waals surface area contributed by atoms with E-state index in [9.17, 15) is 31.5 Å². The first-order valence-corrected chi connectivity index (χ1v) is 11.2. The molecule has 0 spiro atoms. The second-order valence-electron chi connectivity index (χ2n) is 7.31. The molecule has 0 radical (unpaired) electrons. The summed E-state index contributed by atoms with van der Waals surface area (Å²) in [7, 11) is 4.13. The van der Waals surface area contributed by atoms with Crippen LogP contribution in [0.3, 0.4) is 0 Å². The Balaban J connectivity index is 2.04. The highest BCUT2D eigenvalue weighted by atomic mass is 32.2. The minimum Gasteiger partial charge on any atom is -0.493 e. The molecule has 1 aromatic carbocycles. The number of nitrogens with zero attached hydrogens (tertiary/aromatic N) is 1. The topological polar surface area (TPSA) is 65.1 Å². The number of benzene rings is 1. The summed E-state index contributed by atoms with van der Waals surface area (Å²) in [5.74, 6) is -1.34. The van der Waals surface area contributed by atoms with Crippen LogP contribution in [-0.4, -0.2) is 87.0 Å². The Kier molecular flexibility index (Phi) is 10.1. The number of amides is 1. The molecule has 1 heterocycles. The van der Waals surface area contributed by atoms with Crippen molar-refractivity contribution in [3.05, 3.63) is 17.7 Å². The average Bonchev–Trinajstić information content (AvgIpc) is 3.29. The third-order valence-corrected chi connectivity index (χ3v) is 6.41. The van der Waals surface area contributed by atoms with E-state index in [0.717, 1.165) is 11.8 Å². The zero-order valence-corrected chi connectivity index (χ0v) is 19.2. The SMILES string of the molecule is COc1cc(C(=O)C(=O)N2CCCC2CSCC(F)C(F)C(F)C(F)F)cc(OC)c1OC. The van der Waals surface area contributed by atoms with Crippen LogP contribution in [0.25, 0.3) is 0 Å². The van der Waals surface area contributed by atoms with Crippen molar-refractivity contribution >= 4 is 23.5 Å². The maximum Gasteiger partial charge on any atom is 0.295 e. The summed E-state index contributed by atoms with van der Waals surface area (Å²) in [5, 5.41) is 0. The van der Waals surface area contributed by atoms with E-state index in [2.05, 4.69) is 0 Å². The first-order chi connectivity index (χ1) is 15.7. The van der Waals surface area contributed by atoms with Gasteiger partial charge in [0, 0.05) is 29.7 Å². The van der Waals surface area contributed by atoms with Gasteiger partial charge in [-0.3, -0.25) is 9.59 Å². The fourth-order valence-corrected chi connectivity index (χ4v) is 4.65. The molecule has 1 aliphatic rings. The summed E-state index contributed by atoms with van der Waals surface area (Å²) >= 11 is 0.874. The second-order valence-corrected chi connectivity index (χ2v) is 8.39. The highest BCUT2D eigenvalue weighted by molar-refractivity contribution is 7.99. The minimum atomic E-state index is -3.60. The molecule has 2 rings (SSSR count). The minimum absolute atomic E-state index is 0.0258. The van der Waals surface area contributed by atoms with Crippen molar-refractivity contribution < 1.29 is 45.8 Å². The van der Waals surface area contributed by atoms with Gasteiger partial charge in [-0.15, -0.1) is 0 Å². The summed E-state index contributed by atoms with van der Waals surface area (Å²) < 4.78 is 80.2. The molecule has 0 aromatic heterocycles. The molecule has 0 N–H and O–H groups in total. The second kappa shape index (κ2) is 12.3. The number of rotatable bonds is 12. The van der Waals surface area contributed by atoms with Crippen molar-refractivity contribution in [1.29, 1.82) is 0 Å². The van der Waals surface area contributed by atoms with Crippen LogP contribution in [0.15, 0.2) is 12.1 Å². The van der Waals surface area contributed by atoms with Crippen molar-refractivity contribution in [1.82, 2.24) is 4.90 Å². The van der Waals surface area contributed by atoms with Gasteiger partial charge in [0.15, 0.2) is 23.8 Å². The number of thioether (sulfide) groups is 1. The number of Topliss-reactive ketones (excluding diaryl/α,β-unsaturated/α-hetero) is 1. The van der Waals surface area contributed by atoms with Gasteiger partial charge < -0.3 is 19.1 Å². The summed E-state index contributed by atoms with van der Waals surface area (Å²) in [6.07, 6.45) is -11.0. The zero-order valence-electron chi connectivity index (χ0n) is 18.4. The molecule has 4 unspecified atom stereocenters. The van der Waals surface area contributed by atoms with Gasteiger partial charge in [0.05, 0.1) is 21.3 Å². The van der Waals surface area contributed by atoms with Gasteiger partial charge in [0.1, 0.15) is 6.17 Å². The van der Waals surface area contributed by atoms with Crippen molar-refractivity contribution in [3.8, 4) is 17.2 Å². The van der Waals surface area contributed by atoms with E-state index >= 15 is 0 Å². The highest BCUT2D eigenvalue weighted by Crippen LogP contribution is 2.38. The maximum atomic E-state index is 13.8. The molecule has 12 heteroatoms. The predicted octanol–water partition coefficient (Wildman–Crippen LogP) is 3.90. The molecular formula is C21H26F5NO5S. The number of methoxy groups -OCH3 is 3. The molecule has 186 valence electrons. The van der Waals surface area contributed by atoms with Gasteiger partial charge in [0.2, 0.25) is 5.75 Å². The summed E-state index contributed by atoms with van der Waals surface area (Å²) in [6.45, 7) is 0.295. The van der Waals surface area contributed by atoms with E-state index in [-0.39, 0.29) is 28.6 Å². The Labute approximate surface area is 192 Å². The number of hydrogen-bond donors (Lipinski definition) is 0. The van der Waals surface area contributed by atoms with Gasteiger partial charge in [-0.25, -0.2) is 22.0 Å². The number of ether oxygens (including phenoxy) is 3. The average molecular weight is 499 g/mol.